The molecule has 0 amide bonds. The molecule has 118 valence electrons. The van der Waals surface area contributed by atoms with Gasteiger partial charge in [-0.25, -0.2) is 13.1 Å². The Labute approximate surface area is 128 Å². The van der Waals surface area contributed by atoms with Crippen LogP contribution in [-0.2, 0) is 10.0 Å². The van der Waals surface area contributed by atoms with Crippen molar-refractivity contribution in [2.75, 3.05) is 23.9 Å². The van der Waals surface area contributed by atoms with Crippen molar-refractivity contribution in [3.05, 3.63) is 28.3 Å². The van der Waals surface area contributed by atoms with E-state index in [4.69, 9.17) is 0 Å². The monoisotopic (exact) mass is 333 g/mol. The number of nitro benzene ring substituents is 1. The third-order valence-electron chi connectivity index (χ3n) is 2.60. The molecule has 1 aromatic carbocycles. The lowest BCUT2D eigenvalue weighted by molar-refractivity contribution is -0.387. The Morgan fingerprint density at radius 1 is 1.43 bits per heavy atom. The molecule has 0 bridgehead atoms. The van der Waals surface area contributed by atoms with Crippen molar-refractivity contribution in [3.63, 3.8) is 0 Å². The molecule has 2 N–H and O–H groups in total. The Balaban J connectivity index is 3.23. The maximum absolute atomic E-state index is 12.3. The van der Waals surface area contributed by atoms with Gasteiger partial charge in [-0.3, -0.25) is 10.1 Å². The van der Waals surface area contributed by atoms with Crippen LogP contribution in [0.5, 0.6) is 0 Å². The maximum Gasteiger partial charge on any atom is 0.289 e. The first-order valence-corrected chi connectivity index (χ1v) is 9.23. The average Bonchev–Trinajstić information content (AvgIpc) is 2.38. The zero-order chi connectivity index (χ0) is 16.0. The standard InChI is InChI=1S/C12H19N3O4S2/c1-4-13-10-5-6-11(15(16)17)12(7-10)21(18,19)14-9(2)8-20-3/h5-7,9,13-14H,4,8H2,1-3H3. The number of nitro groups is 1. The van der Waals surface area contributed by atoms with Gasteiger partial charge in [-0.2, -0.15) is 11.8 Å². The highest BCUT2D eigenvalue weighted by Gasteiger charge is 2.27. The Hall–Kier alpha value is -1.32. The van der Waals surface area contributed by atoms with E-state index in [0.29, 0.717) is 18.0 Å². The van der Waals surface area contributed by atoms with Gasteiger partial charge in [0.25, 0.3) is 5.69 Å². The molecule has 1 aromatic rings. The van der Waals surface area contributed by atoms with Crippen molar-refractivity contribution >= 4 is 33.2 Å². The fourth-order valence-corrected chi connectivity index (χ4v) is 3.94. The smallest absolute Gasteiger partial charge is 0.289 e. The van der Waals surface area contributed by atoms with Gasteiger partial charge in [-0.1, -0.05) is 0 Å². The van der Waals surface area contributed by atoms with Crippen LogP contribution < -0.4 is 10.0 Å². The number of anilines is 1. The van der Waals surface area contributed by atoms with Gasteiger partial charge in [0.1, 0.15) is 0 Å². The summed E-state index contributed by atoms with van der Waals surface area (Å²) in [7, 11) is -3.94. The van der Waals surface area contributed by atoms with E-state index in [1.54, 1.807) is 6.92 Å². The number of hydrogen-bond donors (Lipinski definition) is 2. The van der Waals surface area contributed by atoms with Crippen molar-refractivity contribution in [2.24, 2.45) is 0 Å². The number of thioether (sulfide) groups is 1. The summed E-state index contributed by atoms with van der Waals surface area (Å²) >= 11 is 1.49. The van der Waals surface area contributed by atoms with Crippen molar-refractivity contribution in [1.29, 1.82) is 0 Å². The van der Waals surface area contributed by atoms with E-state index >= 15 is 0 Å². The molecule has 0 fully saturated rings. The van der Waals surface area contributed by atoms with Crippen LogP contribution in [0.3, 0.4) is 0 Å². The minimum absolute atomic E-state index is 0.313. The molecule has 1 atom stereocenters. The van der Waals surface area contributed by atoms with Crippen molar-refractivity contribution in [1.82, 2.24) is 4.72 Å². The number of benzene rings is 1. The third-order valence-corrected chi connectivity index (χ3v) is 5.05. The number of hydrogen-bond acceptors (Lipinski definition) is 6. The van der Waals surface area contributed by atoms with Crippen molar-refractivity contribution in [2.45, 2.75) is 24.8 Å². The molecule has 0 aromatic heterocycles. The molecule has 7 nitrogen and oxygen atoms in total. The molecule has 0 radical (unpaired) electrons. The summed E-state index contributed by atoms with van der Waals surface area (Å²) < 4.78 is 27.2. The molecule has 0 spiro atoms. The summed E-state index contributed by atoms with van der Waals surface area (Å²) in [5, 5.41) is 14.0. The predicted molar refractivity (Wildman–Crippen MR) is 85.4 cm³/mol. The van der Waals surface area contributed by atoms with Gasteiger partial charge >= 0.3 is 0 Å². The average molecular weight is 333 g/mol. The minimum Gasteiger partial charge on any atom is -0.385 e. The lowest BCUT2D eigenvalue weighted by atomic mass is 10.3. The van der Waals surface area contributed by atoms with Crippen LogP contribution in [0, 0.1) is 10.1 Å². The van der Waals surface area contributed by atoms with E-state index in [2.05, 4.69) is 10.0 Å². The Bertz CT molecular complexity index is 605. The SMILES string of the molecule is CCNc1ccc([N+](=O)[O-])c(S(=O)(=O)NC(C)CSC)c1. The van der Waals surface area contributed by atoms with Crippen LogP contribution in [0.25, 0.3) is 0 Å². The van der Waals surface area contributed by atoms with Gasteiger partial charge in [0.15, 0.2) is 4.90 Å². The lowest BCUT2D eigenvalue weighted by Gasteiger charge is -2.14. The van der Waals surface area contributed by atoms with E-state index < -0.39 is 20.6 Å². The first-order chi connectivity index (χ1) is 9.81. The van der Waals surface area contributed by atoms with Crippen LogP contribution >= 0.6 is 11.8 Å². The number of nitrogens with one attached hydrogen (secondary N) is 2. The second-order valence-electron chi connectivity index (χ2n) is 4.45. The Morgan fingerprint density at radius 3 is 2.62 bits per heavy atom. The van der Waals surface area contributed by atoms with Crippen LogP contribution in [0.4, 0.5) is 11.4 Å². The largest absolute Gasteiger partial charge is 0.385 e. The van der Waals surface area contributed by atoms with Gasteiger partial charge in [0, 0.05) is 30.1 Å². The van der Waals surface area contributed by atoms with Crippen LogP contribution in [0.2, 0.25) is 0 Å². The highest BCUT2D eigenvalue weighted by atomic mass is 32.2. The summed E-state index contributed by atoms with van der Waals surface area (Å²) in [4.78, 5) is 10.0. The fraction of sp³-hybridized carbons (Fsp3) is 0.500. The second kappa shape index (κ2) is 7.62. The molecule has 0 aliphatic carbocycles. The normalized spacial score (nSPS) is 12.9. The molecule has 9 heteroatoms. The topological polar surface area (TPSA) is 101 Å². The number of nitrogens with zero attached hydrogens (tertiary/aromatic N) is 1. The third kappa shape index (κ3) is 4.87. The molecule has 1 unspecified atom stereocenters. The molecule has 0 saturated heterocycles. The van der Waals surface area contributed by atoms with Gasteiger partial charge in [-0.15, -0.1) is 0 Å². The Kier molecular flexibility index (Phi) is 6.43. The summed E-state index contributed by atoms with van der Waals surface area (Å²) in [6.07, 6.45) is 1.86. The second-order valence-corrected chi connectivity index (χ2v) is 7.04. The highest BCUT2D eigenvalue weighted by molar-refractivity contribution is 7.98. The summed E-state index contributed by atoms with van der Waals surface area (Å²) in [6, 6.07) is 3.67. The highest BCUT2D eigenvalue weighted by Crippen LogP contribution is 2.27. The molecule has 0 saturated carbocycles. The van der Waals surface area contributed by atoms with Crippen molar-refractivity contribution in [3.8, 4) is 0 Å². The molecular formula is C12H19N3O4S2. The van der Waals surface area contributed by atoms with E-state index in [1.165, 1.54) is 30.0 Å². The molecule has 0 aliphatic heterocycles. The summed E-state index contributed by atoms with van der Waals surface area (Å²) in [6.45, 7) is 4.16. The summed E-state index contributed by atoms with van der Waals surface area (Å²) in [5.41, 5.74) is 0.0986. The first kappa shape index (κ1) is 17.7. The minimum atomic E-state index is -3.94. The van der Waals surface area contributed by atoms with Gasteiger partial charge < -0.3 is 5.32 Å². The van der Waals surface area contributed by atoms with Crippen molar-refractivity contribution < 1.29 is 13.3 Å². The quantitative estimate of drug-likeness (QED) is 0.558. The fourth-order valence-electron chi connectivity index (χ4n) is 1.81. The van der Waals surface area contributed by atoms with Gasteiger partial charge in [0.2, 0.25) is 10.0 Å². The first-order valence-electron chi connectivity index (χ1n) is 6.35. The van der Waals surface area contributed by atoms with Crippen LogP contribution in [0.1, 0.15) is 13.8 Å². The molecule has 21 heavy (non-hydrogen) atoms. The van der Waals surface area contributed by atoms with Crippen LogP contribution in [-0.4, -0.2) is 37.9 Å². The molecular weight excluding hydrogens is 314 g/mol. The van der Waals surface area contributed by atoms with E-state index in [9.17, 15) is 18.5 Å². The number of rotatable bonds is 8. The lowest BCUT2D eigenvalue weighted by Crippen LogP contribution is -2.34. The summed E-state index contributed by atoms with van der Waals surface area (Å²) in [5.74, 6) is 0.583. The maximum atomic E-state index is 12.3. The van der Waals surface area contributed by atoms with E-state index in [1.807, 2.05) is 13.2 Å². The Morgan fingerprint density at radius 2 is 2.10 bits per heavy atom. The predicted octanol–water partition coefficient (Wildman–Crippen LogP) is 2.06. The zero-order valence-corrected chi connectivity index (χ0v) is 13.8. The molecule has 0 aliphatic rings. The van der Waals surface area contributed by atoms with Gasteiger partial charge in [-0.05, 0) is 32.2 Å². The molecule has 1 rings (SSSR count). The van der Waals surface area contributed by atoms with Crippen LogP contribution in [0.15, 0.2) is 23.1 Å². The van der Waals surface area contributed by atoms with E-state index in [0.717, 1.165) is 0 Å². The van der Waals surface area contributed by atoms with Gasteiger partial charge in [0.05, 0.1) is 4.92 Å². The zero-order valence-electron chi connectivity index (χ0n) is 12.1. The molecule has 0 heterocycles. The number of sulfonamides is 1. The van der Waals surface area contributed by atoms with E-state index in [-0.39, 0.29) is 10.9 Å².